The van der Waals surface area contributed by atoms with Gasteiger partial charge in [-0.2, -0.15) is 0 Å². The van der Waals surface area contributed by atoms with Crippen molar-refractivity contribution in [1.82, 2.24) is 4.98 Å². The molecule has 1 atom stereocenters. The number of halogens is 1. The summed E-state index contributed by atoms with van der Waals surface area (Å²) in [6, 6.07) is 10.3. The number of nitrogens with zero attached hydrogens (tertiary/aromatic N) is 3. The SMILES string of the molecule is CCN1C(=O)C2(c3ccccc31)c1c(oc3ccc(F)cc3c1=O)C(=O)N2c1nc(C)c(C(C)=O)s1. The quantitative estimate of drug-likeness (QED) is 0.389. The van der Waals surface area contributed by atoms with E-state index in [9.17, 15) is 23.6 Å². The summed E-state index contributed by atoms with van der Waals surface area (Å²) in [5.74, 6) is -2.47. The Kier molecular flexibility index (Phi) is 4.59. The third-order valence-electron chi connectivity index (χ3n) is 6.70. The van der Waals surface area contributed by atoms with Gasteiger partial charge in [-0.1, -0.05) is 29.5 Å². The monoisotopic (exact) mass is 503 g/mol. The second kappa shape index (κ2) is 7.41. The maximum Gasteiger partial charge on any atom is 0.297 e. The first kappa shape index (κ1) is 22.3. The average molecular weight is 504 g/mol. The van der Waals surface area contributed by atoms with Crippen LogP contribution in [0.3, 0.4) is 0 Å². The molecule has 2 aliphatic heterocycles. The number of amides is 2. The summed E-state index contributed by atoms with van der Waals surface area (Å²) in [5.41, 5.74) is -1.41. The molecule has 6 rings (SSSR count). The molecule has 0 saturated carbocycles. The molecule has 2 aromatic heterocycles. The van der Waals surface area contributed by atoms with Crippen LogP contribution in [0, 0.1) is 12.7 Å². The minimum atomic E-state index is -1.92. The van der Waals surface area contributed by atoms with Gasteiger partial charge in [0, 0.05) is 19.0 Å². The largest absolute Gasteiger partial charge is 0.450 e. The normalized spacial score (nSPS) is 18.4. The number of benzene rings is 2. The van der Waals surface area contributed by atoms with Crippen molar-refractivity contribution in [3.8, 4) is 0 Å². The van der Waals surface area contributed by atoms with Crippen LogP contribution in [0.2, 0.25) is 0 Å². The molecule has 0 bridgehead atoms. The molecule has 0 aliphatic carbocycles. The Morgan fingerprint density at radius 1 is 1.17 bits per heavy atom. The second-order valence-electron chi connectivity index (χ2n) is 8.66. The van der Waals surface area contributed by atoms with Crippen LogP contribution in [0.1, 0.15) is 50.9 Å². The lowest BCUT2D eigenvalue weighted by molar-refractivity contribution is -0.121. The molecular weight excluding hydrogens is 485 g/mol. The number of Topliss-reactive ketones (excluding diaryl/α,β-unsaturated/α-hetero) is 1. The number of likely N-dealkylation sites (N-methyl/N-ethyl adjacent to an activating group) is 1. The topological polar surface area (TPSA) is 101 Å². The van der Waals surface area contributed by atoms with Crippen LogP contribution in [0.15, 0.2) is 51.7 Å². The Bertz CT molecular complexity index is 1720. The molecule has 4 heterocycles. The summed E-state index contributed by atoms with van der Waals surface area (Å²) < 4.78 is 20.0. The van der Waals surface area contributed by atoms with E-state index in [1.807, 2.05) is 0 Å². The Labute approximate surface area is 207 Å². The number of rotatable bonds is 3. The molecule has 0 N–H and O–H groups in total. The first-order valence-electron chi connectivity index (χ1n) is 11.2. The van der Waals surface area contributed by atoms with E-state index in [2.05, 4.69) is 4.98 Å². The number of aromatic nitrogens is 1. The fourth-order valence-corrected chi connectivity index (χ4v) is 6.27. The van der Waals surface area contributed by atoms with E-state index in [0.29, 0.717) is 21.8 Å². The molecule has 2 aliphatic rings. The van der Waals surface area contributed by atoms with Gasteiger partial charge in [0.25, 0.3) is 11.8 Å². The van der Waals surface area contributed by atoms with E-state index in [4.69, 9.17) is 4.42 Å². The summed E-state index contributed by atoms with van der Waals surface area (Å²) in [6.45, 7) is 5.09. The van der Waals surface area contributed by atoms with Crippen molar-refractivity contribution in [2.75, 3.05) is 16.3 Å². The van der Waals surface area contributed by atoms with Gasteiger partial charge in [-0.15, -0.1) is 0 Å². The number of anilines is 2. The van der Waals surface area contributed by atoms with Crippen molar-refractivity contribution in [2.24, 2.45) is 0 Å². The fourth-order valence-electron chi connectivity index (χ4n) is 5.25. The van der Waals surface area contributed by atoms with Gasteiger partial charge in [0.1, 0.15) is 11.4 Å². The minimum absolute atomic E-state index is 0.0244. The zero-order chi connectivity index (χ0) is 25.5. The molecule has 1 unspecified atom stereocenters. The third-order valence-corrected chi connectivity index (χ3v) is 7.94. The van der Waals surface area contributed by atoms with Gasteiger partial charge in [-0.05, 0) is 38.1 Å². The lowest BCUT2D eigenvalue weighted by Gasteiger charge is -2.32. The number of para-hydroxylation sites is 1. The third kappa shape index (κ3) is 2.59. The van der Waals surface area contributed by atoms with E-state index in [-0.39, 0.29) is 39.8 Å². The summed E-state index contributed by atoms with van der Waals surface area (Å²) in [7, 11) is 0. The number of fused-ring (bicyclic) bond motifs is 5. The lowest BCUT2D eigenvalue weighted by atomic mass is 9.84. The highest BCUT2D eigenvalue weighted by molar-refractivity contribution is 7.17. The number of hydrogen-bond donors (Lipinski definition) is 0. The maximum atomic E-state index is 14.3. The molecule has 4 aromatic rings. The highest BCUT2D eigenvalue weighted by Crippen LogP contribution is 2.54. The predicted molar refractivity (Wildman–Crippen MR) is 131 cm³/mol. The molecule has 2 aromatic carbocycles. The zero-order valence-corrected chi connectivity index (χ0v) is 20.2. The van der Waals surface area contributed by atoms with Crippen LogP contribution in [0.25, 0.3) is 11.0 Å². The smallest absolute Gasteiger partial charge is 0.297 e. The Morgan fingerprint density at radius 3 is 2.61 bits per heavy atom. The molecule has 10 heteroatoms. The Hall–Kier alpha value is -4.18. The van der Waals surface area contributed by atoms with E-state index in [0.717, 1.165) is 23.5 Å². The van der Waals surface area contributed by atoms with Crippen molar-refractivity contribution in [2.45, 2.75) is 26.3 Å². The van der Waals surface area contributed by atoms with Crippen LogP contribution in [0.5, 0.6) is 0 Å². The van der Waals surface area contributed by atoms with Crippen LogP contribution >= 0.6 is 11.3 Å². The summed E-state index contributed by atoms with van der Waals surface area (Å²) >= 11 is 0.968. The molecule has 0 fully saturated rings. The molecule has 1 spiro atoms. The van der Waals surface area contributed by atoms with E-state index in [1.54, 1.807) is 38.1 Å². The van der Waals surface area contributed by atoms with Crippen molar-refractivity contribution in [3.05, 3.63) is 86.0 Å². The van der Waals surface area contributed by atoms with Gasteiger partial charge in [0.15, 0.2) is 21.9 Å². The number of carbonyl (C=O) groups is 3. The maximum absolute atomic E-state index is 14.3. The molecule has 8 nitrogen and oxygen atoms in total. The van der Waals surface area contributed by atoms with Gasteiger partial charge in [-0.25, -0.2) is 9.37 Å². The minimum Gasteiger partial charge on any atom is -0.450 e. The van der Waals surface area contributed by atoms with Gasteiger partial charge in [-0.3, -0.25) is 24.1 Å². The van der Waals surface area contributed by atoms with Crippen LogP contribution in [-0.2, 0) is 10.3 Å². The van der Waals surface area contributed by atoms with Crippen molar-refractivity contribution in [3.63, 3.8) is 0 Å². The molecule has 2 amide bonds. The van der Waals surface area contributed by atoms with E-state index >= 15 is 0 Å². The fraction of sp³-hybridized carbons (Fsp3) is 0.192. The average Bonchev–Trinajstić information content (AvgIpc) is 3.44. The first-order valence-corrected chi connectivity index (χ1v) is 12.0. The molecule has 0 radical (unpaired) electrons. The van der Waals surface area contributed by atoms with E-state index in [1.165, 1.54) is 22.8 Å². The lowest BCUT2D eigenvalue weighted by Crippen LogP contribution is -2.53. The molecule has 36 heavy (non-hydrogen) atoms. The summed E-state index contributed by atoms with van der Waals surface area (Å²) in [6.07, 6.45) is 0. The number of hydrogen-bond acceptors (Lipinski definition) is 7. The molecule has 0 saturated heterocycles. The molecule has 180 valence electrons. The number of aryl methyl sites for hydroxylation is 1. The van der Waals surface area contributed by atoms with Crippen LogP contribution in [0.4, 0.5) is 15.2 Å². The predicted octanol–water partition coefficient (Wildman–Crippen LogP) is 4.17. The van der Waals surface area contributed by atoms with E-state index < -0.39 is 28.6 Å². The Balaban J connectivity index is 1.78. The number of thiazole rings is 1. The van der Waals surface area contributed by atoms with Gasteiger partial charge < -0.3 is 9.32 Å². The standard InChI is InChI=1S/C26H18FN3O5S/c1-4-29-17-8-6-5-7-16(17)26(24(29)34)19-20(32)15-11-14(27)9-10-18(15)35-21(19)23(33)30(26)25-28-12(2)22(36-25)13(3)31/h5-11H,4H2,1-3H3. The first-order chi connectivity index (χ1) is 17.2. The summed E-state index contributed by atoms with van der Waals surface area (Å²) in [5, 5.41) is 0.00703. The Morgan fingerprint density at radius 2 is 1.92 bits per heavy atom. The van der Waals surface area contributed by atoms with Crippen molar-refractivity contribution in [1.29, 1.82) is 0 Å². The van der Waals surface area contributed by atoms with Crippen LogP contribution < -0.4 is 15.2 Å². The van der Waals surface area contributed by atoms with Gasteiger partial charge in [0.2, 0.25) is 5.76 Å². The van der Waals surface area contributed by atoms with Gasteiger partial charge in [0.05, 0.1) is 27.2 Å². The highest BCUT2D eigenvalue weighted by Gasteiger charge is 2.66. The van der Waals surface area contributed by atoms with Crippen molar-refractivity contribution < 1.29 is 23.2 Å². The summed E-state index contributed by atoms with van der Waals surface area (Å²) in [4.78, 5) is 61.9. The van der Waals surface area contributed by atoms with Crippen LogP contribution in [-0.4, -0.2) is 29.1 Å². The number of carbonyl (C=O) groups excluding carboxylic acids is 3. The molecular formula is C26H18FN3O5S. The zero-order valence-electron chi connectivity index (χ0n) is 19.4. The highest BCUT2D eigenvalue weighted by atomic mass is 32.1. The van der Waals surface area contributed by atoms with Crippen molar-refractivity contribution >= 4 is 50.7 Å². The second-order valence-corrected chi connectivity index (χ2v) is 9.64. The number of ketones is 1. The van der Waals surface area contributed by atoms with Gasteiger partial charge >= 0.3 is 0 Å².